The van der Waals surface area contributed by atoms with Crippen LogP contribution in [0.3, 0.4) is 0 Å². The van der Waals surface area contributed by atoms with Gasteiger partial charge in [0, 0.05) is 12.7 Å². The molecule has 2 heterocycles. The van der Waals surface area contributed by atoms with Crippen LogP contribution in [-0.4, -0.2) is 30.7 Å². The quantitative estimate of drug-likeness (QED) is 0.856. The van der Waals surface area contributed by atoms with Crippen LogP contribution in [0.15, 0.2) is 18.2 Å². The largest absolute Gasteiger partial charge is 0.491 e. The van der Waals surface area contributed by atoms with E-state index >= 15 is 0 Å². The zero-order chi connectivity index (χ0) is 14.9. The van der Waals surface area contributed by atoms with Crippen molar-refractivity contribution in [1.82, 2.24) is 0 Å². The lowest BCUT2D eigenvalue weighted by Gasteiger charge is -2.31. The lowest BCUT2D eigenvalue weighted by molar-refractivity contribution is -0.0112. The number of benzene rings is 1. The SMILES string of the molecule is CC1(C)CC(=O)c2ccc(OCC3CCCCO3)cc2O1. The molecule has 0 saturated carbocycles. The summed E-state index contributed by atoms with van der Waals surface area (Å²) in [7, 11) is 0. The van der Waals surface area contributed by atoms with E-state index in [0.717, 1.165) is 25.2 Å². The number of hydrogen-bond acceptors (Lipinski definition) is 4. The van der Waals surface area contributed by atoms with Crippen LogP contribution in [-0.2, 0) is 4.74 Å². The number of carbonyl (C=O) groups is 1. The van der Waals surface area contributed by atoms with Gasteiger partial charge in [-0.2, -0.15) is 0 Å². The third kappa shape index (κ3) is 3.38. The van der Waals surface area contributed by atoms with Gasteiger partial charge in [0.1, 0.15) is 23.7 Å². The highest BCUT2D eigenvalue weighted by Gasteiger charge is 2.32. The molecule has 3 rings (SSSR count). The summed E-state index contributed by atoms with van der Waals surface area (Å²) in [6.45, 7) is 5.23. The van der Waals surface area contributed by atoms with Gasteiger partial charge in [-0.3, -0.25) is 4.79 Å². The Morgan fingerprint density at radius 3 is 2.95 bits per heavy atom. The molecule has 1 atom stereocenters. The van der Waals surface area contributed by atoms with Crippen molar-refractivity contribution >= 4 is 5.78 Å². The topological polar surface area (TPSA) is 44.8 Å². The average molecular weight is 290 g/mol. The molecule has 1 aromatic carbocycles. The molecule has 2 aliphatic rings. The number of hydrogen-bond donors (Lipinski definition) is 0. The third-order valence-electron chi connectivity index (χ3n) is 3.94. The molecule has 0 aromatic heterocycles. The van der Waals surface area contributed by atoms with Crippen molar-refractivity contribution in [3.8, 4) is 11.5 Å². The van der Waals surface area contributed by atoms with E-state index in [1.54, 1.807) is 6.07 Å². The lowest BCUT2D eigenvalue weighted by Crippen LogP contribution is -2.35. The van der Waals surface area contributed by atoms with Crippen molar-refractivity contribution in [2.24, 2.45) is 0 Å². The first-order chi connectivity index (χ1) is 10.0. The molecule has 0 N–H and O–H groups in total. The number of Topliss-reactive ketones (excluding diaryl/α,β-unsaturated/α-hetero) is 1. The molecular weight excluding hydrogens is 268 g/mol. The van der Waals surface area contributed by atoms with Gasteiger partial charge in [0.25, 0.3) is 0 Å². The van der Waals surface area contributed by atoms with Crippen molar-refractivity contribution in [2.75, 3.05) is 13.2 Å². The lowest BCUT2D eigenvalue weighted by atomic mass is 9.93. The standard InChI is InChI=1S/C17H22O4/c1-17(2)10-15(18)14-7-6-12(9-16(14)21-17)20-11-13-5-3-4-8-19-13/h6-7,9,13H,3-5,8,10-11H2,1-2H3. The fourth-order valence-electron chi connectivity index (χ4n) is 2.85. The van der Waals surface area contributed by atoms with Crippen molar-refractivity contribution in [2.45, 2.75) is 51.2 Å². The summed E-state index contributed by atoms with van der Waals surface area (Å²) in [5, 5.41) is 0. The first kappa shape index (κ1) is 14.4. The second-order valence-electron chi connectivity index (χ2n) is 6.42. The highest BCUT2D eigenvalue weighted by molar-refractivity contribution is 6.00. The Labute approximate surface area is 125 Å². The number of rotatable bonds is 3. The van der Waals surface area contributed by atoms with Gasteiger partial charge in [-0.15, -0.1) is 0 Å². The van der Waals surface area contributed by atoms with Crippen LogP contribution >= 0.6 is 0 Å². The smallest absolute Gasteiger partial charge is 0.170 e. The van der Waals surface area contributed by atoms with Crippen molar-refractivity contribution in [3.63, 3.8) is 0 Å². The Kier molecular flexibility index (Phi) is 3.89. The Hall–Kier alpha value is -1.55. The predicted molar refractivity (Wildman–Crippen MR) is 79.2 cm³/mol. The summed E-state index contributed by atoms with van der Waals surface area (Å²) in [4.78, 5) is 12.1. The van der Waals surface area contributed by atoms with Gasteiger partial charge >= 0.3 is 0 Å². The first-order valence-electron chi connectivity index (χ1n) is 7.64. The maximum atomic E-state index is 12.1. The summed E-state index contributed by atoms with van der Waals surface area (Å²) in [5.74, 6) is 1.48. The molecule has 4 nitrogen and oxygen atoms in total. The van der Waals surface area contributed by atoms with Crippen molar-refractivity contribution in [1.29, 1.82) is 0 Å². The van der Waals surface area contributed by atoms with E-state index in [0.29, 0.717) is 24.3 Å². The molecule has 1 saturated heterocycles. The van der Waals surface area contributed by atoms with E-state index in [4.69, 9.17) is 14.2 Å². The van der Waals surface area contributed by atoms with E-state index in [-0.39, 0.29) is 11.9 Å². The molecule has 21 heavy (non-hydrogen) atoms. The molecule has 2 aliphatic heterocycles. The van der Waals surface area contributed by atoms with Crippen LogP contribution in [0.25, 0.3) is 0 Å². The molecule has 0 aliphatic carbocycles. The second kappa shape index (κ2) is 5.68. The number of ketones is 1. The molecule has 0 amide bonds. The molecule has 1 fully saturated rings. The van der Waals surface area contributed by atoms with Gasteiger partial charge in [0.05, 0.1) is 18.1 Å². The fourth-order valence-corrected chi connectivity index (χ4v) is 2.85. The Bertz CT molecular complexity index is 530. The van der Waals surface area contributed by atoms with E-state index in [1.807, 2.05) is 26.0 Å². The molecule has 0 spiro atoms. The average Bonchev–Trinajstić information content (AvgIpc) is 2.44. The van der Waals surface area contributed by atoms with E-state index in [1.165, 1.54) is 6.42 Å². The molecule has 1 aromatic rings. The molecule has 0 radical (unpaired) electrons. The fraction of sp³-hybridized carbons (Fsp3) is 0.588. The van der Waals surface area contributed by atoms with Crippen LogP contribution < -0.4 is 9.47 Å². The monoisotopic (exact) mass is 290 g/mol. The normalized spacial score (nSPS) is 24.1. The first-order valence-corrected chi connectivity index (χ1v) is 7.64. The van der Waals surface area contributed by atoms with Gasteiger partial charge in [-0.25, -0.2) is 0 Å². The summed E-state index contributed by atoms with van der Waals surface area (Å²) in [6, 6.07) is 5.45. The van der Waals surface area contributed by atoms with Crippen molar-refractivity contribution < 1.29 is 19.0 Å². The van der Waals surface area contributed by atoms with Gasteiger partial charge in [0.2, 0.25) is 0 Å². The summed E-state index contributed by atoms with van der Waals surface area (Å²) in [5.41, 5.74) is 0.199. The molecule has 0 bridgehead atoms. The zero-order valence-corrected chi connectivity index (χ0v) is 12.7. The van der Waals surface area contributed by atoms with Crippen LogP contribution in [0.1, 0.15) is 49.9 Å². The van der Waals surface area contributed by atoms with Crippen LogP contribution in [0, 0.1) is 0 Å². The maximum absolute atomic E-state index is 12.1. The molecule has 114 valence electrons. The number of carbonyl (C=O) groups excluding carboxylic acids is 1. The highest BCUT2D eigenvalue weighted by Crippen LogP contribution is 2.35. The molecule has 1 unspecified atom stereocenters. The molecule has 4 heteroatoms. The zero-order valence-electron chi connectivity index (χ0n) is 12.7. The Morgan fingerprint density at radius 2 is 2.19 bits per heavy atom. The van der Waals surface area contributed by atoms with Gasteiger partial charge in [0.15, 0.2) is 5.78 Å². The molecular formula is C17H22O4. The second-order valence-corrected chi connectivity index (χ2v) is 6.42. The predicted octanol–water partition coefficient (Wildman–Crippen LogP) is 3.38. The van der Waals surface area contributed by atoms with E-state index < -0.39 is 5.60 Å². The van der Waals surface area contributed by atoms with Gasteiger partial charge in [-0.05, 0) is 45.2 Å². The van der Waals surface area contributed by atoms with E-state index in [2.05, 4.69) is 0 Å². The number of ether oxygens (including phenoxy) is 3. The highest BCUT2D eigenvalue weighted by atomic mass is 16.5. The number of fused-ring (bicyclic) bond motifs is 1. The van der Waals surface area contributed by atoms with Crippen LogP contribution in [0.2, 0.25) is 0 Å². The van der Waals surface area contributed by atoms with E-state index in [9.17, 15) is 4.79 Å². The minimum absolute atomic E-state index is 0.128. The van der Waals surface area contributed by atoms with Gasteiger partial charge < -0.3 is 14.2 Å². The Morgan fingerprint density at radius 1 is 1.33 bits per heavy atom. The van der Waals surface area contributed by atoms with Crippen LogP contribution in [0.4, 0.5) is 0 Å². The third-order valence-corrected chi connectivity index (χ3v) is 3.94. The minimum atomic E-state index is -0.449. The van der Waals surface area contributed by atoms with Gasteiger partial charge in [-0.1, -0.05) is 0 Å². The Balaban J connectivity index is 1.69. The summed E-state index contributed by atoms with van der Waals surface area (Å²) < 4.78 is 17.3. The van der Waals surface area contributed by atoms with Crippen LogP contribution in [0.5, 0.6) is 11.5 Å². The van der Waals surface area contributed by atoms with Crippen molar-refractivity contribution in [3.05, 3.63) is 23.8 Å². The summed E-state index contributed by atoms with van der Waals surface area (Å²) in [6.07, 6.45) is 3.97. The minimum Gasteiger partial charge on any atom is -0.491 e. The summed E-state index contributed by atoms with van der Waals surface area (Å²) >= 11 is 0. The maximum Gasteiger partial charge on any atom is 0.170 e.